The van der Waals surface area contributed by atoms with E-state index in [9.17, 15) is 28.1 Å². The quantitative estimate of drug-likeness (QED) is 0.0426. The van der Waals surface area contributed by atoms with Crippen LogP contribution in [0.5, 0.6) is 0 Å². The number of sulfonamides is 1. The van der Waals surface area contributed by atoms with Gasteiger partial charge < -0.3 is 19.5 Å². The summed E-state index contributed by atoms with van der Waals surface area (Å²) in [6.45, 7) is 11.9. The highest BCUT2D eigenvalue weighted by Gasteiger charge is 2.31. The van der Waals surface area contributed by atoms with Gasteiger partial charge >= 0.3 is 12.2 Å². The summed E-state index contributed by atoms with van der Waals surface area (Å²) in [4.78, 5) is 35.7. The molecular formula is C34H57N3O9S. The number of allylic oxidation sites excluding steroid dienone is 1. The van der Waals surface area contributed by atoms with Crippen LogP contribution >= 0.6 is 0 Å². The maximum atomic E-state index is 13.1. The lowest BCUT2D eigenvalue weighted by Crippen LogP contribution is -2.52. The monoisotopic (exact) mass is 683 g/mol. The minimum atomic E-state index is -4.17. The first-order chi connectivity index (χ1) is 21.9. The van der Waals surface area contributed by atoms with Gasteiger partial charge in [-0.1, -0.05) is 77.2 Å². The second kappa shape index (κ2) is 20.9. The minimum Gasteiger partial charge on any atom is -0.444 e. The second-order valence-electron chi connectivity index (χ2n) is 13.7. The Morgan fingerprint density at radius 3 is 1.85 bits per heavy atom. The molecule has 1 aromatic carbocycles. The summed E-state index contributed by atoms with van der Waals surface area (Å²) in [5, 5.41) is 13.6. The van der Waals surface area contributed by atoms with E-state index in [0.29, 0.717) is 6.42 Å². The Balaban J connectivity index is 3.01. The zero-order valence-electron chi connectivity index (χ0n) is 29.3. The molecule has 2 atom stereocenters. The van der Waals surface area contributed by atoms with E-state index >= 15 is 0 Å². The zero-order valence-corrected chi connectivity index (χ0v) is 30.2. The topological polar surface area (TPSA) is 163 Å². The summed E-state index contributed by atoms with van der Waals surface area (Å²) in [5.74, 6) is 0. The first-order valence-corrected chi connectivity index (χ1v) is 18.2. The van der Waals surface area contributed by atoms with E-state index in [-0.39, 0.29) is 10.6 Å². The molecule has 0 aromatic heterocycles. The van der Waals surface area contributed by atoms with Gasteiger partial charge in [0.15, 0.2) is 0 Å². The molecule has 2 N–H and O–H groups in total. The van der Waals surface area contributed by atoms with E-state index in [1.165, 1.54) is 51.4 Å². The fourth-order valence-electron chi connectivity index (χ4n) is 4.54. The second-order valence-corrected chi connectivity index (χ2v) is 15.4. The lowest BCUT2D eigenvalue weighted by molar-refractivity contribution is -0.384. The van der Waals surface area contributed by atoms with Crippen molar-refractivity contribution in [1.29, 1.82) is 0 Å². The molecule has 47 heavy (non-hydrogen) atoms. The Morgan fingerprint density at radius 1 is 0.851 bits per heavy atom. The van der Waals surface area contributed by atoms with Crippen molar-refractivity contribution in [3.05, 3.63) is 46.5 Å². The summed E-state index contributed by atoms with van der Waals surface area (Å²) in [6, 6.07) is 3.28. The average molecular weight is 684 g/mol. The Morgan fingerprint density at radius 2 is 1.36 bits per heavy atom. The van der Waals surface area contributed by atoms with Gasteiger partial charge in [0.2, 0.25) is 10.0 Å². The fourth-order valence-corrected chi connectivity index (χ4v) is 5.60. The molecule has 0 unspecified atom stereocenters. The number of alkyl carbamates (subject to hydrolysis) is 1. The predicted octanol–water partition coefficient (Wildman–Crippen LogP) is 8.34. The maximum absolute atomic E-state index is 13.1. The molecule has 0 spiro atoms. The molecule has 0 aliphatic rings. The zero-order chi connectivity index (χ0) is 35.5. The van der Waals surface area contributed by atoms with Crippen LogP contribution in [0.4, 0.5) is 15.3 Å². The Bertz CT molecular complexity index is 1220. The molecule has 0 saturated heterocycles. The maximum Gasteiger partial charge on any atom is 0.509 e. The molecule has 1 rings (SSSR count). The van der Waals surface area contributed by atoms with Gasteiger partial charge in [0.25, 0.3) is 5.69 Å². The van der Waals surface area contributed by atoms with Crippen molar-refractivity contribution < 1.29 is 37.1 Å². The summed E-state index contributed by atoms with van der Waals surface area (Å²) in [7, 11) is -4.17. The number of non-ortho nitro benzene ring substituents is 1. The molecule has 0 bridgehead atoms. The van der Waals surface area contributed by atoms with Crippen molar-refractivity contribution >= 4 is 28.0 Å². The Labute approximate surface area is 281 Å². The van der Waals surface area contributed by atoms with Gasteiger partial charge in [-0.05, 0) is 72.6 Å². The molecule has 12 nitrogen and oxygen atoms in total. The Hall–Kier alpha value is -3.19. The first-order valence-electron chi connectivity index (χ1n) is 16.7. The van der Waals surface area contributed by atoms with Gasteiger partial charge in [0.1, 0.15) is 17.3 Å². The highest BCUT2D eigenvalue weighted by Crippen LogP contribution is 2.18. The SMILES string of the molecule is CCCCCCCCCCCCC/C=C/[C@@H](OC(=O)OC(C)(C)C)[C@H](CNS(=O)(=O)c1ccc([N+](=O)[O-])cc1)NC(=O)OC(C)(C)C. The number of nitro groups is 1. The molecule has 0 aliphatic heterocycles. The van der Waals surface area contributed by atoms with Gasteiger partial charge in [0, 0.05) is 18.7 Å². The van der Waals surface area contributed by atoms with Crippen molar-refractivity contribution in [2.45, 2.75) is 154 Å². The Kier molecular flexibility index (Phi) is 18.6. The van der Waals surface area contributed by atoms with Crippen molar-refractivity contribution in [3.8, 4) is 0 Å². The molecule has 1 aromatic rings. The van der Waals surface area contributed by atoms with Gasteiger partial charge in [0.05, 0.1) is 15.9 Å². The standard InChI is InChI=1S/C34H57N3O9S/c1-8-9-10-11-12-13-14-15-16-17-18-19-20-21-30(44-32(39)46-34(5,6)7)29(36-31(38)45-33(2,3)4)26-35-47(42,43)28-24-22-27(23-25-28)37(40)41/h20-25,29-30,35H,8-19,26H2,1-7H3,(H,36,38)/b21-20+/t29-,30+/m0/s1. The van der Waals surface area contributed by atoms with Crippen LogP contribution in [0.15, 0.2) is 41.3 Å². The fraction of sp³-hybridized carbons (Fsp3) is 0.706. The molecule has 0 aliphatic carbocycles. The number of amides is 1. The molecule has 13 heteroatoms. The number of ether oxygens (including phenoxy) is 3. The van der Waals surface area contributed by atoms with E-state index in [2.05, 4.69) is 17.0 Å². The number of carbonyl (C=O) groups is 2. The summed E-state index contributed by atoms with van der Waals surface area (Å²) in [5.41, 5.74) is -1.96. The normalized spacial score (nSPS) is 13.6. The van der Waals surface area contributed by atoms with Crippen LogP contribution in [0, 0.1) is 10.1 Å². The molecule has 0 heterocycles. The average Bonchev–Trinajstić information content (AvgIpc) is 2.95. The van der Waals surface area contributed by atoms with E-state index in [0.717, 1.165) is 43.5 Å². The molecule has 0 fully saturated rings. The highest BCUT2D eigenvalue weighted by atomic mass is 32.2. The minimum absolute atomic E-state index is 0.212. The predicted molar refractivity (Wildman–Crippen MR) is 183 cm³/mol. The van der Waals surface area contributed by atoms with E-state index in [1.54, 1.807) is 47.6 Å². The third-order valence-corrected chi connectivity index (χ3v) is 8.31. The van der Waals surface area contributed by atoms with Crippen molar-refractivity contribution in [1.82, 2.24) is 10.0 Å². The van der Waals surface area contributed by atoms with Crippen molar-refractivity contribution in [2.75, 3.05) is 6.54 Å². The number of unbranched alkanes of at least 4 members (excludes halogenated alkanes) is 11. The third kappa shape index (κ3) is 19.9. The largest absolute Gasteiger partial charge is 0.509 e. The molecule has 1 amide bonds. The molecule has 0 saturated carbocycles. The van der Waals surface area contributed by atoms with Crippen LogP contribution in [-0.4, -0.2) is 55.5 Å². The van der Waals surface area contributed by atoms with E-state index in [4.69, 9.17) is 14.2 Å². The van der Waals surface area contributed by atoms with Crippen molar-refractivity contribution in [3.63, 3.8) is 0 Å². The number of benzene rings is 1. The van der Waals surface area contributed by atoms with Crippen LogP contribution in [0.3, 0.4) is 0 Å². The number of rotatable bonds is 21. The van der Waals surface area contributed by atoms with E-state index in [1.807, 2.05) is 6.08 Å². The van der Waals surface area contributed by atoms with Gasteiger partial charge in [-0.2, -0.15) is 0 Å². The molecular weight excluding hydrogens is 626 g/mol. The number of hydrogen-bond donors (Lipinski definition) is 2. The number of nitrogens with one attached hydrogen (secondary N) is 2. The van der Waals surface area contributed by atoms with E-state index < -0.39 is 57.1 Å². The summed E-state index contributed by atoms with van der Waals surface area (Å²) < 4.78 is 44.9. The number of nitro benzene ring substituents is 1. The lowest BCUT2D eigenvalue weighted by Gasteiger charge is -2.29. The van der Waals surface area contributed by atoms with Gasteiger partial charge in [-0.15, -0.1) is 0 Å². The number of hydrogen-bond acceptors (Lipinski definition) is 9. The number of carbonyl (C=O) groups excluding carboxylic acids is 2. The van der Waals surface area contributed by atoms with Gasteiger partial charge in [-0.25, -0.2) is 22.7 Å². The van der Waals surface area contributed by atoms with Gasteiger partial charge in [-0.3, -0.25) is 10.1 Å². The lowest BCUT2D eigenvalue weighted by atomic mass is 10.0. The smallest absolute Gasteiger partial charge is 0.444 e. The number of nitrogens with zero attached hydrogens (tertiary/aromatic N) is 1. The first kappa shape index (κ1) is 41.8. The molecule has 268 valence electrons. The summed E-state index contributed by atoms with van der Waals surface area (Å²) in [6.07, 6.45) is 14.5. The summed E-state index contributed by atoms with van der Waals surface area (Å²) >= 11 is 0. The van der Waals surface area contributed by atoms with Crippen LogP contribution < -0.4 is 10.0 Å². The highest BCUT2D eigenvalue weighted by molar-refractivity contribution is 7.89. The van der Waals surface area contributed by atoms with Crippen LogP contribution in [0.1, 0.15) is 126 Å². The van der Waals surface area contributed by atoms with Crippen LogP contribution in [0.2, 0.25) is 0 Å². The van der Waals surface area contributed by atoms with Crippen molar-refractivity contribution in [2.24, 2.45) is 0 Å². The van der Waals surface area contributed by atoms with Crippen LogP contribution in [-0.2, 0) is 24.2 Å². The molecule has 0 radical (unpaired) electrons. The third-order valence-electron chi connectivity index (χ3n) is 6.87. The van der Waals surface area contributed by atoms with Crippen LogP contribution in [0.25, 0.3) is 0 Å².